The number of hydrogen-bond donors (Lipinski definition) is 1. The lowest BCUT2D eigenvalue weighted by Gasteiger charge is -2.58. The van der Waals surface area contributed by atoms with Gasteiger partial charge in [-0.1, -0.05) is 39.3 Å². The molecule has 6 aliphatic rings. The van der Waals surface area contributed by atoms with E-state index in [9.17, 15) is 5.11 Å². The molecule has 0 aromatic carbocycles. The first-order chi connectivity index (χ1) is 14.8. The van der Waals surface area contributed by atoms with Crippen molar-refractivity contribution in [2.24, 2.45) is 46.3 Å². The Morgan fingerprint density at radius 1 is 1.06 bits per heavy atom. The van der Waals surface area contributed by atoms with Crippen LogP contribution in [0, 0.1) is 46.3 Å². The number of rotatable bonds is 0. The molecule has 4 aliphatic carbocycles. The molecule has 0 aromatic rings. The number of allylic oxidation sites excluding steroid dienone is 1. The van der Waals surface area contributed by atoms with Crippen molar-refractivity contribution in [1.82, 2.24) is 4.90 Å². The third-order valence-corrected chi connectivity index (χ3v) is 11.8. The van der Waals surface area contributed by atoms with Crippen LogP contribution in [0.5, 0.6) is 0 Å². The summed E-state index contributed by atoms with van der Waals surface area (Å²) in [5, 5.41) is 10.3. The molecule has 3 saturated carbocycles. The van der Waals surface area contributed by atoms with E-state index in [0.29, 0.717) is 16.9 Å². The van der Waals surface area contributed by atoms with Gasteiger partial charge in [0.1, 0.15) is 0 Å². The van der Waals surface area contributed by atoms with Crippen LogP contribution in [0.2, 0.25) is 0 Å². The van der Waals surface area contributed by atoms with Crippen molar-refractivity contribution in [1.29, 1.82) is 0 Å². The van der Waals surface area contributed by atoms with Crippen LogP contribution in [0.1, 0.15) is 85.5 Å². The van der Waals surface area contributed by atoms with Crippen LogP contribution in [0.3, 0.4) is 0 Å². The second kappa shape index (κ2) is 7.31. The summed E-state index contributed by atoms with van der Waals surface area (Å²) in [6, 6.07) is 0.731. The molecule has 0 spiro atoms. The fourth-order valence-electron chi connectivity index (χ4n) is 10.2. The summed E-state index contributed by atoms with van der Waals surface area (Å²) < 4.78 is 6.78. The Labute approximate surface area is 190 Å². The summed E-state index contributed by atoms with van der Waals surface area (Å²) in [6.45, 7) is 12.3. The molecule has 0 aromatic heterocycles. The Bertz CT molecular complexity index is 749. The van der Waals surface area contributed by atoms with E-state index in [1.165, 1.54) is 51.5 Å². The Morgan fingerprint density at radius 2 is 1.90 bits per heavy atom. The predicted octanol–water partition coefficient (Wildman–Crippen LogP) is 5.63. The molecule has 3 heteroatoms. The maximum Gasteiger partial charge on any atom is 0.0996 e. The van der Waals surface area contributed by atoms with E-state index >= 15 is 0 Å². The summed E-state index contributed by atoms with van der Waals surface area (Å²) in [6.07, 6.45) is 14.2. The van der Waals surface area contributed by atoms with Crippen LogP contribution in [0.15, 0.2) is 11.6 Å². The number of piperidine rings is 1. The van der Waals surface area contributed by atoms with Crippen molar-refractivity contribution >= 4 is 0 Å². The molecule has 0 bridgehead atoms. The molecule has 3 nitrogen and oxygen atoms in total. The SMILES string of the molecule is C[C@H]1CC[C@@H]2[C@@H](C)[C@H]3[C@@H](C[C@H]4[C@@H]5CC=C6C[C@@H](O)CC[C@]6(C)[C@H]5CC[C@]34C)OCN2C1. The lowest BCUT2D eigenvalue weighted by molar-refractivity contribution is -0.0644. The predicted molar refractivity (Wildman–Crippen MR) is 124 cm³/mol. The molecule has 2 heterocycles. The van der Waals surface area contributed by atoms with E-state index < -0.39 is 0 Å². The molecular formula is C28H45NO2. The van der Waals surface area contributed by atoms with Gasteiger partial charge in [0.2, 0.25) is 0 Å². The van der Waals surface area contributed by atoms with Gasteiger partial charge in [-0.2, -0.15) is 0 Å². The smallest absolute Gasteiger partial charge is 0.0996 e. The fraction of sp³-hybridized carbons (Fsp3) is 0.929. The van der Waals surface area contributed by atoms with Crippen molar-refractivity contribution < 1.29 is 9.84 Å². The number of fused-ring (bicyclic) bond motifs is 8. The molecule has 6 rings (SSSR count). The van der Waals surface area contributed by atoms with E-state index in [4.69, 9.17) is 4.74 Å². The zero-order chi connectivity index (χ0) is 21.5. The van der Waals surface area contributed by atoms with Crippen molar-refractivity contribution in [3.63, 3.8) is 0 Å². The first-order valence-electron chi connectivity index (χ1n) is 13.5. The van der Waals surface area contributed by atoms with Gasteiger partial charge in [0.25, 0.3) is 0 Å². The van der Waals surface area contributed by atoms with Gasteiger partial charge in [-0.3, -0.25) is 4.90 Å². The summed E-state index contributed by atoms with van der Waals surface area (Å²) >= 11 is 0. The Balaban J connectivity index is 1.30. The average molecular weight is 428 g/mol. The van der Waals surface area contributed by atoms with Gasteiger partial charge < -0.3 is 9.84 Å². The third-order valence-electron chi connectivity index (χ3n) is 11.8. The number of hydrogen-bond acceptors (Lipinski definition) is 3. The minimum atomic E-state index is -0.0989. The largest absolute Gasteiger partial charge is 0.393 e. The molecule has 11 atom stereocenters. The van der Waals surface area contributed by atoms with E-state index in [0.717, 1.165) is 61.1 Å². The summed E-state index contributed by atoms with van der Waals surface area (Å²) in [4.78, 5) is 2.70. The summed E-state index contributed by atoms with van der Waals surface area (Å²) in [7, 11) is 0. The monoisotopic (exact) mass is 427 g/mol. The lowest BCUT2D eigenvalue weighted by Crippen LogP contribution is -2.53. The zero-order valence-electron chi connectivity index (χ0n) is 20.4. The molecule has 0 unspecified atom stereocenters. The van der Waals surface area contributed by atoms with Crippen molar-refractivity contribution in [3.8, 4) is 0 Å². The van der Waals surface area contributed by atoms with Gasteiger partial charge in [-0.25, -0.2) is 0 Å². The van der Waals surface area contributed by atoms with Gasteiger partial charge in [0.15, 0.2) is 0 Å². The van der Waals surface area contributed by atoms with Gasteiger partial charge in [-0.15, -0.1) is 0 Å². The van der Waals surface area contributed by atoms with Gasteiger partial charge >= 0.3 is 0 Å². The highest BCUT2D eigenvalue weighted by Crippen LogP contribution is 2.68. The van der Waals surface area contributed by atoms with Gasteiger partial charge in [-0.05, 0) is 104 Å². The summed E-state index contributed by atoms with van der Waals surface area (Å²) in [5.74, 6) is 4.77. The van der Waals surface area contributed by atoms with Crippen LogP contribution in [0.25, 0.3) is 0 Å². The zero-order valence-corrected chi connectivity index (χ0v) is 20.4. The summed E-state index contributed by atoms with van der Waals surface area (Å²) in [5.41, 5.74) is 2.39. The third kappa shape index (κ3) is 3.01. The number of aliphatic hydroxyl groups is 1. The fourth-order valence-corrected chi connectivity index (χ4v) is 10.2. The van der Waals surface area contributed by atoms with Crippen LogP contribution < -0.4 is 0 Å². The Kier molecular flexibility index (Phi) is 4.99. The molecule has 0 radical (unpaired) electrons. The van der Waals surface area contributed by atoms with Crippen LogP contribution >= 0.6 is 0 Å². The van der Waals surface area contributed by atoms with Crippen molar-refractivity contribution in [2.45, 2.75) is 104 Å². The molecule has 174 valence electrons. The van der Waals surface area contributed by atoms with Gasteiger partial charge in [0.05, 0.1) is 18.9 Å². The van der Waals surface area contributed by atoms with Crippen molar-refractivity contribution in [2.75, 3.05) is 13.3 Å². The molecule has 0 amide bonds. The maximum absolute atomic E-state index is 10.3. The molecule has 5 fully saturated rings. The van der Waals surface area contributed by atoms with Crippen LogP contribution in [-0.4, -0.2) is 41.5 Å². The van der Waals surface area contributed by atoms with E-state index in [-0.39, 0.29) is 6.10 Å². The number of ether oxygens (including phenoxy) is 1. The lowest BCUT2D eigenvalue weighted by atomic mass is 9.47. The number of nitrogens with zero attached hydrogens (tertiary/aromatic N) is 1. The standard InChI is InChI=1S/C28H45NO2/c1-17-5-8-24-18(2)26-25(31-16-29(24)15-17)14-23-21-7-6-19-13-20(30)9-11-27(19,3)22(21)10-12-28(23,26)4/h6,17-18,20-26,30H,5,7-16H2,1-4H3/t17-,18+,20-,21+,22-,23-,24+,25+,26-,27-,28-/m0/s1. The Morgan fingerprint density at radius 3 is 2.74 bits per heavy atom. The molecule has 31 heavy (non-hydrogen) atoms. The van der Waals surface area contributed by atoms with Gasteiger partial charge in [0, 0.05) is 12.6 Å². The quantitative estimate of drug-likeness (QED) is 0.509. The van der Waals surface area contributed by atoms with E-state index in [1.54, 1.807) is 5.57 Å². The second-order valence-electron chi connectivity index (χ2n) is 13.2. The highest BCUT2D eigenvalue weighted by atomic mass is 16.5. The average Bonchev–Trinajstić information content (AvgIpc) is 2.96. The van der Waals surface area contributed by atoms with E-state index in [2.05, 4.69) is 38.7 Å². The molecule has 2 aliphatic heterocycles. The first kappa shape index (κ1) is 21.2. The number of aliphatic hydroxyl groups excluding tert-OH is 1. The first-order valence-corrected chi connectivity index (χ1v) is 13.5. The second-order valence-corrected chi connectivity index (χ2v) is 13.2. The van der Waals surface area contributed by atoms with Crippen LogP contribution in [0.4, 0.5) is 0 Å². The van der Waals surface area contributed by atoms with E-state index in [1.807, 2.05) is 0 Å². The molecule has 2 saturated heterocycles. The highest BCUT2D eigenvalue weighted by Gasteiger charge is 2.63. The maximum atomic E-state index is 10.3. The normalized spacial score (nSPS) is 56.9. The van der Waals surface area contributed by atoms with Crippen molar-refractivity contribution in [3.05, 3.63) is 11.6 Å². The molecular weight excluding hydrogens is 382 g/mol. The minimum absolute atomic E-state index is 0.0989. The minimum Gasteiger partial charge on any atom is -0.393 e. The van der Waals surface area contributed by atoms with Crippen LogP contribution in [-0.2, 0) is 4.74 Å². The highest BCUT2D eigenvalue weighted by molar-refractivity contribution is 5.26. The molecule has 1 N–H and O–H groups in total. The Hall–Kier alpha value is -0.380. The topological polar surface area (TPSA) is 32.7 Å².